The molecule has 1 aromatic carbocycles. The first-order valence-corrected chi connectivity index (χ1v) is 8.81. The van der Waals surface area contributed by atoms with E-state index in [1.54, 1.807) is 0 Å². The van der Waals surface area contributed by atoms with E-state index >= 15 is 0 Å². The van der Waals surface area contributed by atoms with Gasteiger partial charge in [0.2, 0.25) is 0 Å². The molecular weight excluding hydrogens is 184 g/mol. The highest BCUT2D eigenvalue weighted by molar-refractivity contribution is 6.80. The van der Waals surface area contributed by atoms with Crippen molar-refractivity contribution in [2.24, 2.45) is 0 Å². The molecule has 0 amide bonds. The SMILES string of the molecule is CC(/C=C\[Si](C)(C)C)c1ccccc1. The maximum Gasteiger partial charge on any atom is 0.0683 e. The van der Waals surface area contributed by atoms with Gasteiger partial charge in [-0.15, -0.1) is 0 Å². The van der Waals surface area contributed by atoms with Gasteiger partial charge in [-0.25, -0.2) is 0 Å². The standard InChI is InChI=1S/C13H20Si/c1-12(10-11-14(2,3)4)13-8-6-5-7-9-13/h5-12H,1-4H3/b11-10-. The Labute approximate surface area is 88.7 Å². The zero-order valence-electron chi connectivity index (χ0n) is 9.62. The van der Waals surface area contributed by atoms with Crippen LogP contribution in [0.1, 0.15) is 18.4 Å². The Bertz CT molecular complexity index is 293. The average molecular weight is 204 g/mol. The summed E-state index contributed by atoms with van der Waals surface area (Å²) in [6.07, 6.45) is 2.35. The van der Waals surface area contributed by atoms with Crippen LogP contribution in [0.5, 0.6) is 0 Å². The predicted molar refractivity (Wildman–Crippen MR) is 67.3 cm³/mol. The highest BCUT2D eigenvalue weighted by Crippen LogP contribution is 2.17. The van der Waals surface area contributed by atoms with E-state index in [0.29, 0.717) is 5.92 Å². The fourth-order valence-electron chi connectivity index (χ4n) is 1.30. The van der Waals surface area contributed by atoms with Crippen LogP contribution < -0.4 is 0 Å². The van der Waals surface area contributed by atoms with Gasteiger partial charge in [-0.3, -0.25) is 0 Å². The summed E-state index contributed by atoms with van der Waals surface area (Å²) in [5.74, 6) is 0.544. The van der Waals surface area contributed by atoms with Crippen molar-refractivity contribution in [2.45, 2.75) is 32.5 Å². The molecule has 0 aliphatic carbocycles. The molecule has 1 atom stereocenters. The number of hydrogen-bond donors (Lipinski definition) is 0. The van der Waals surface area contributed by atoms with E-state index < -0.39 is 8.07 Å². The summed E-state index contributed by atoms with van der Waals surface area (Å²) >= 11 is 0. The number of benzene rings is 1. The third-order valence-electron chi connectivity index (χ3n) is 2.21. The topological polar surface area (TPSA) is 0 Å². The second-order valence-corrected chi connectivity index (χ2v) is 9.99. The second kappa shape index (κ2) is 4.60. The summed E-state index contributed by atoms with van der Waals surface area (Å²) in [4.78, 5) is 0. The molecule has 0 fully saturated rings. The third kappa shape index (κ3) is 3.92. The molecule has 0 aliphatic rings. The molecule has 0 spiro atoms. The van der Waals surface area contributed by atoms with Crippen LogP contribution in [0, 0.1) is 0 Å². The van der Waals surface area contributed by atoms with E-state index in [9.17, 15) is 0 Å². The van der Waals surface area contributed by atoms with Crippen LogP contribution in [0.4, 0.5) is 0 Å². The third-order valence-corrected chi connectivity index (χ3v) is 3.40. The highest BCUT2D eigenvalue weighted by atomic mass is 28.3. The maximum absolute atomic E-state index is 2.42. The van der Waals surface area contributed by atoms with Gasteiger partial charge in [-0.1, -0.05) is 68.7 Å². The van der Waals surface area contributed by atoms with Gasteiger partial charge in [0, 0.05) is 0 Å². The monoisotopic (exact) mass is 204 g/mol. The maximum atomic E-state index is 2.42. The van der Waals surface area contributed by atoms with Crippen molar-refractivity contribution in [3.8, 4) is 0 Å². The summed E-state index contributed by atoms with van der Waals surface area (Å²) in [5, 5.41) is 0. The van der Waals surface area contributed by atoms with Crippen LogP contribution in [0.15, 0.2) is 42.1 Å². The Balaban J connectivity index is 2.69. The first kappa shape index (κ1) is 11.3. The first-order valence-electron chi connectivity index (χ1n) is 5.23. The number of rotatable bonds is 3. The van der Waals surface area contributed by atoms with E-state index in [0.717, 1.165) is 0 Å². The van der Waals surface area contributed by atoms with Crippen molar-refractivity contribution in [2.75, 3.05) is 0 Å². The van der Waals surface area contributed by atoms with E-state index in [4.69, 9.17) is 0 Å². The molecular formula is C13H20Si. The summed E-state index contributed by atoms with van der Waals surface area (Å²) in [5.41, 5.74) is 3.83. The Morgan fingerprint density at radius 1 is 1.07 bits per heavy atom. The Morgan fingerprint density at radius 3 is 2.14 bits per heavy atom. The molecule has 0 saturated carbocycles. The van der Waals surface area contributed by atoms with E-state index in [2.05, 4.69) is 68.7 Å². The van der Waals surface area contributed by atoms with Gasteiger partial charge in [-0.05, 0) is 11.5 Å². The van der Waals surface area contributed by atoms with Crippen LogP contribution in [-0.2, 0) is 0 Å². The normalized spacial score (nSPS) is 14.6. The van der Waals surface area contributed by atoms with Crippen molar-refractivity contribution in [3.63, 3.8) is 0 Å². The molecule has 1 rings (SSSR count). The van der Waals surface area contributed by atoms with Crippen molar-refractivity contribution in [1.82, 2.24) is 0 Å². The van der Waals surface area contributed by atoms with Crippen LogP contribution in [0.3, 0.4) is 0 Å². The summed E-state index contributed by atoms with van der Waals surface area (Å²) < 4.78 is 0. The molecule has 14 heavy (non-hydrogen) atoms. The minimum atomic E-state index is -1.03. The molecule has 1 aromatic rings. The Morgan fingerprint density at radius 2 is 1.64 bits per heavy atom. The molecule has 0 aliphatic heterocycles. The minimum Gasteiger partial charge on any atom is -0.0983 e. The lowest BCUT2D eigenvalue weighted by Crippen LogP contribution is -2.15. The number of allylic oxidation sites excluding steroid dienone is 1. The minimum absolute atomic E-state index is 0.544. The van der Waals surface area contributed by atoms with Gasteiger partial charge in [0.1, 0.15) is 0 Å². The molecule has 76 valence electrons. The van der Waals surface area contributed by atoms with Crippen LogP contribution >= 0.6 is 0 Å². The summed E-state index contributed by atoms with van der Waals surface area (Å²) in [6, 6.07) is 10.7. The lowest BCUT2D eigenvalue weighted by molar-refractivity contribution is 0.969. The van der Waals surface area contributed by atoms with Gasteiger partial charge < -0.3 is 0 Å². The van der Waals surface area contributed by atoms with Gasteiger partial charge in [0.05, 0.1) is 8.07 Å². The highest BCUT2D eigenvalue weighted by Gasteiger charge is 2.08. The quantitative estimate of drug-likeness (QED) is 0.647. The van der Waals surface area contributed by atoms with Crippen molar-refractivity contribution in [3.05, 3.63) is 47.7 Å². The largest absolute Gasteiger partial charge is 0.0983 e. The lowest BCUT2D eigenvalue weighted by atomic mass is 10.0. The van der Waals surface area contributed by atoms with Crippen molar-refractivity contribution >= 4 is 8.07 Å². The first-order chi connectivity index (χ1) is 6.49. The fourth-order valence-corrected chi connectivity index (χ4v) is 2.17. The fraction of sp³-hybridized carbons (Fsp3) is 0.385. The van der Waals surface area contributed by atoms with E-state index in [1.165, 1.54) is 5.56 Å². The van der Waals surface area contributed by atoms with Crippen LogP contribution in [0.25, 0.3) is 0 Å². The van der Waals surface area contributed by atoms with E-state index in [-0.39, 0.29) is 0 Å². The van der Waals surface area contributed by atoms with Crippen molar-refractivity contribution < 1.29 is 0 Å². The molecule has 0 N–H and O–H groups in total. The Hall–Kier alpha value is -0.823. The van der Waals surface area contributed by atoms with Crippen LogP contribution in [-0.4, -0.2) is 8.07 Å². The van der Waals surface area contributed by atoms with Gasteiger partial charge in [0.25, 0.3) is 0 Å². The van der Waals surface area contributed by atoms with E-state index in [1.807, 2.05) is 0 Å². The molecule has 0 bridgehead atoms. The second-order valence-electron chi connectivity index (χ2n) is 4.92. The Kier molecular flexibility index (Phi) is 3.70. The number of hydrogen-bond acceptors (Lipinski definition) is 0. The smallest absolute Gasteiger partial charge is 0.0683 e. The lowest BCUT2D eigenvalue weighted by Gasteiger charge is -2.11. The molecule has 0 nitrogen and oxygen atoms in total. The molecule has 0 aromatic heterocycles. The molecule has 1 unspecified atom stereocenters. The zero-order chi connectivity index (χ0) is 10.6. The summed E-state index contributed by atoms with van der Waals surface area (Å²) in [6.45, 7) is 9.34. The van der Waals surface area contributed by atoms with Gasteiger partial charge >= 0.3 is 0 Å². The molecule has 1 heteroatoms. The van der Waals surface area contributed by atoms with Gasteiger partial charge in [0.15, 0.2) is 0 Å². The molecule has 0 heterocycles. The zero-order valence-corrected chi connectivity index (χ0v) is 10.6. The van der Waals surface area contributed by atoms with Crippen LogP contribution in [0.2, 0.25) is 19.6 Å². The van der Waals surface area contributed by atoms with Gasteiger partial charge in [-0.2, -0.15) is 0 Å². The molecule has 0 saturated heterocycles. The average Bonchev–Trinajstić information content (AvgIpc) is 2.14. The summed E-state index contributed by atoms with van der Waals surface area (Å²) in [7, 11) is -1.03. The predicted octanol–water partition coefficient (Wildman–Crippen LogP) is 4.22. The molecule has 0 radical (unpaired) electrons. The van der Waals surface area contributed by atoms with Crippen molar-refractivity contribution in [1.29, 1.82) is 0 Å².